The number of aliphatic carboxylic acids is 1. The largest absolute Gasteiger partial charge is 0.481 e. The maximum absolute atomic E-state index is 11.7. The number of carbonyl (C=O) groups excluding carboxylic acids is 2. The van der Waals surface area contributed by atoms with Crippen molar-refractivity contribution in [2.75, 3.05) is 13.1 Å². The lowest BCUT2D eigenvalue weighted by molar-refractivity contribution is -0.162. The molecule has 0 bridgehead atoms. The highest BCUT2D eigenvalue weighted by Crippen LogP contribution is 2.35. The van der Waals surface area contributed by atoms with E-state index in [-0.39, 0.29) is 25.3 Å². The smallest absolute Gasteiger partial charge is 0.410 e. The summed E-state index contributed by atoms with van der Waals surface area (Å²) in [4.78, 5) is 35.2. The number of nitrogens with zero attached hydrogens (tertiary/aromatic N) is 1. The number of carbonyl (C=O) groups is 3. The van der Waals surface area contributed by atoms with Crippen LogP contribution in [-0.4, -0.2) is 46.5 Å². The number of likely N-dealkylation sites (tertiary alicyclic amines) is 1. The first-order chi connectivity index (χ1) is 8.06. The summed E-state index contributed by atoms with van der Waals surface area (Å²) in [5, 5.41) is 9.13. The average Bonchev–Trinajstić information content (AvgIpc) is 2.05. The van der Waals surface area contributed by atoms with Crippen LogP contribution in [0, 0.1) is 5.41 Å². The number of ketones is 1. The van der Waals surface area contributed by atoms with Gasteiger partial charge in [-0.15, -0.1) is 0 Å². The summed E-state index contributed by atoms with van der Waals surface area (Å²) in [5.74, 6) is -1.24. The molecular formula is C12H19NO5. The van der Waals surface area contributed by atoms with Crippen LogP contribution < -0.4 is 0 Å². The summed E-state index contributed by atoms with van der Waals surface area (Å²) in [6.45, 7) is 6.62. The molecule has 0 aliphatic carbocycles. The molecule has 18 heavy (non-hydrogen) atoms. The van der Waals surface area contributed by atoms with Crippen molar-refractivity contribution in [3.8, 4) is 0 Å². The summed E-state index contributed by atoms with van der Waals surface area (Å²) in [6, 6.07) is 0. The summed E-state index contributed by atoms with van der Waals surface area (Å²) < 4.78 is 5.13. The molecule has 1 heterocycles. The van der Waals surface area contributed by atoms with E-state index in [2.05, 4.69) is 0 Å². The van der Waals surface area contributed by atoms with Crippen molar-refractivity contribution < 1.29 is 24.2 Å². The fourth-order valence-corrected chi connectivity index (χ4v) is 1.94. The zero-order valence-electron chi connectivity index (χ0n) is 11.1. The van der Waals surface area contributed by atoms with E-state index in [9.17, 15) is 14.4 Å². The molecule has 0 atom stereocenters. The molecule has 102 valence electrons. The number of hydrogen-bond acceptors (Lipinski definition) is 4. The minimum absolute atomic E-state index is 0.0246. The van der Waals surface area contributed by atoms with E-state index in [0.29, 0.717) is 0 Å². The number of carboxylic acids is 1. The molecule has 6 nitrogen and oxygen atoms in total. The number of hydrogen-bond donors (Lipinski definition) is 1. The van der Waals surface area contributed by atoms with Crippen molar-refractivity contribution in [2.24, 2.45) is 5.41 Å². The molecule has 1 N–H and O–H groups in total. The van der Waals surface area contributed by atoms with Gasteiger partial charge >= 0.3 is 12.1 Å². The molecule has 1 fully saturated rings. The first kappa shape index (κ1) is 14.5. The highest BCUT2D eigenvalue weighted by Gasteiger charge is 2.52. The molecule has 1 aliphatic rings. The minimum atomic E-state index is -1.14. The summed E-state index contributed by atoms with van der Waals surface area (Å²) >= 11 is 0. The van der Waals surface area contributed by atoms with Crippen LogP contribution in [0.15, 0.2) is 0 Å². The van der Waals surface area contributed by atoms with Gasteiger partial charge in [-0.25, -0.2) is 4.79 Å². The molecule has 0 unspecified atom stereocenters. The third-order valence-corrected chi connectivity index (χ3v) is 2.68. The Balaban J connectivity index is 2.62. The lowest BCUT2D eigenvalue weighted by Crippen LogP contribution is -2.63. The van der Waals surface area contributed by atoms with Crippen LogP contribution in [0.1, 0.15) is 34.1 Å². The molecule has 0 radical (unpaired) electrons. The maximum atomic E-state index is 11.7. The fraction of sp³-hybridized carbons (Fsp3) is 0.750. The van der Waals surface area contributed by atoms with Gasteiger partial charge in [0.2, 0.25) is 0 Å². The first-order valence-electron chi connectivity index (χ1n) is 5.76. The molecule has 0 spiro atoms. The minimum Gasteiger partial charge on any atom is -0.481 e. The second kappa shape index (κ2) is 4.59. The van der Waals surface area contributed by atoms with Crippen LogP contribution in [-0.2, 0) is 14.3 Å². The molecule has 1 amide bonds. The van der Waals surface area contributed by atoms with Gasteiger partial charge in [0.1, 0.15) is 16.8 Å². The van der Waals surface area contributed by atoms with E-state index < -0.39 is 23.1 Å². The normalized spacial score (nSPS) is 17.9. The lowest BCUT2D eigenvalue weighted by atomic mass is 9.76. The number of rotatable bonds is 3. The maximum Gasteiger partial charge on any atom is 0.410 e. The molecule has 1 saturated heterocycles. The van der Waals surface area contributed by atoms with E-state index in [0.717, 1.165) is 0 Å². The highest BCUT2D eigenvalue weighted by molar-refractivity contribution is 5.87. The van der Waals surface area contributed by atoms with Crippen molar-refractivity contribution in [1.82, 2.24) is 4.90 Å². The Morgan fingerprint density at radius 3 is 2.11 bits per heavy atom. The van der Waals surface area contributed by atoms with E-state index in [1.54, 1.807) is 20.8 Å². The van der Waals surface area contributed by atoms with Crippen LogP contribution in [0.25, 0.3) is 0 Å². The monoisotopic (exact) mass is 257 g/mol. The van der Waals surface area contributed by atoms with Gasteiger partial charge < -0.3 is 14.7 Å². The Morgan fingerprint density at radius 2 is 1.78 bits per heavy atom. The van der Waals surface area contributed by atoms with Gasteiger partial charge in [0.15, 0.2) is 0 Å². The number of ether oxygens (including phenoxy) is 1. The van der Waals surface area contributed by atoms with Crippen molar-refractivity contribution in [1.29, 1.82) is 0 Å². The van der Waals surface area contributed by atoms with Crippen LogP contribution in [0.4, 0.5) is 4.79 Å². The van der Waals surface area contributed by atoms with Crippen molar-refractivity contribution >= 4 is 17.8 Å². The van der Waals surface area contributed by atoms with E-state index >= 15 is 0 Å². The fourth-order valence-electron chi connectivity index (χ4n) is 1.94. The first-order valence-corrected chi connectivity index (χ1v) is 5.76. The Hall–Kier alpha value is -1.59. The molecule has 0 saturated carbocycles. The number of amides is 1. The predicted octanol–water partition coefficient (Wildman–Crippen LogP) is 1.29. The van der Waals surface area contributed by atoms with Gasteiger partial charge in [0.05, 0.1) is 0 Å². The molecular weight excluding hydrogens is 238 g/mol. The molecule has 0 aromatic heterocycles. The SMILES string of the molecule is CC(=O)CC1(C(=O)O)CN(C(=O)OC(C)(C)C)C1. The second-order valence-corrected chi connectivity index (χ2v) is 5.80. The third-order valence-electron chi connectivity index (χ3n) is 2.68. The van der Waals surface area contributed by atoms with Crippen LogP contribution >= 0.6 is 0 Å². The molecule has 0 aromatic rings. The number of carboxylic acid groups (broad SMARTS) is 1. The molecule has 1 rings (SSSR count). The topological polar surface area (TPSA) is 83.9 Å². The van der Waals surface area contributed by atoms with E-state index in [4.69, 9.17) is 9.84 Å². The molecule has 0 aromatic carbocycles. The van der Waals surface area contributed by atoms with Crippen LogP contribution in [0.5, 0.6) is 0 Å². The average molecular weight is 257 g/mol. The standard InChI is InChI=1S/C12H19NO5/c1-8(14)5-12(9(15)16)6-13(7-12)10(17)18-11(2,3)4/h5-7H2,1-4H3,(H,15,16). The summed E-state index contributed by atoms with van der Waals surface area (Å²) in [5.41, 5.74) is -1.75. The zero-order valence-corrected chi connectivity index (χ0v) is 11.1. The van der Waals surface area contributed by atoms with Crippen molar-refractivity contribution in [2.45, 2.75) is 39.7 Å². The lowest BCUT2D eigenvalue weighted by Gasteiger charge is -2.46. The highest BCUT2D eigenvalue weighted by atomic mass is 16.6. The number of Topliss-reactive ketones (excluding diaryl/α,β-unsaturated/α-hetero) is 1. The van der Waals surface area contributed by atoms with Crippen molar-refractivity contribution in [3.63, 3.8) is 0 Å². The van der Waals surface area contributed by atoms with Gasteiger partial charge in [-0.05, 0) is 27.7 Å². The Kier molecular flexibility index (Phi) is 3.69. The van der Waals surface area contributed by atoms with Crippen LogP contribution in [0.3, 0.4) is 0 Å². The zero-order chi connectivity index (χ0) is 14.1. The second-order valence-electron chi connectivity index (χ2n) is 5.80. The quantitative estimate of drug-likeness (QED) is 0.823. The van der Waals surface area contributed by atoms with Gasteiger partial charge in [0.25, 0.3) is 0 Å². The third kappa shape index (κ3) is 3.21. The predicted molar refractivity (Wildman–Crippen MR) is 63.2 cm³/mol. The van der Waals surface area contributed by atoms with Crippen LogP contribution in [0.2, 0.25) is 0 Å². The Morgan fingerprint density at radius 1 is 1.28 bits per heavy atom. The van der Waals surface area contributed by atoms with Gasteiger partial charge in [-0.2, -0.15) is 0 Å². The summed E-state index contributed by atoms with van der Waals surface area (Å²) in [7, 11) is 0. The van der Waals surface area contributed by atoms with Gasteiger partial charge in [-0.3, -0.25) is 9.59 Å². The van der Waals surface area contributed by atoms with E-state index in [1.807, 2.05) is 0 Å². The Labute approximate surface area is 106 Å². The molecule has 6 heteroatoms. The summed E-state index contributed by atoms with van der Waals surface area (Å²) in [6.07, 6.45) is -0.593. The van der Waals surface area contributed by atoms with E-state index in [1.165, 1.54) is 11.8 Å². The van der Waals surface area contributed by atoms with Gasteiger partial charge in [-0.1, -0.05) is 0 Å². The van der Waals surface area contributed by atoms with Gasteiger partial charge in [0, 0.05) is 19.5 Å². The molecule has 1 aliphatic heterocycles. The van der Waals surface area contributed by atoms with Crippen molar-refractivity contribution in [3.05, 3.63) is 0 Å². The Bertz CT molecular complexity index is 376.